The van der Waals surface area contributed by atoms with Crippen LogP contribution in [0.2, 0.25) is 36.3 Å². The fourth-order valence-electron chi connectivity index (χ4n) is 2.50. The third-order valence-electron chi connectivity index (χ3n) is 6.86. The molecule has 6 heteroatoms. The monoisotopic (exact) mass is 450 g/mol. The second kappa shape index (κ2) is 9.19. The SMILES string of the molecule is CC(C)(C)[Si](C)(C)OCC1=C(O[Si](C)(C)C(C)(C)C)OC[C@@H]1OCc1ccccc1. The van der Waals surface area contributed by atoms with E-state index < -0.39 is 16.6 Å². The van der Waals surface area contributed by atoms with Crippen molar-refractivity contribution in [3.8, 4) is 0 Å². The highest BCUT2D eigenvalue weighted by molar-refractivity contribution is 6.74. The predicted molar refractivity (Wildman–Crippen MR) is 129 cm³/mol. The van der Waals surface area contributed by atoms with Crippen molar-refractivity contribution >= 4 is 16.6 Å². The average molecular weight is 451 g/mol. The highest BCUT2D eigenvalue weighted by atomic mass is 28.4. The molecule has 1 atom stereocenters. The van der Waals surface area contributed by atoms with E-state index in [0.29, 0.717) is 25.8 Å². The molecule has 0 aliphatic carbocycles. The number of ether oxygens (including phenoxy) is 2. The second-order valence-electron chi connectivity index (χ2n) is 11.3. The molecule has 0 bridgehead atoms. The van der Waals surface area contributed by atoms with E-state index in [9.17, 15) is 0 Å². The van der Waals surface area contributed by atoms with Gasteiger partial charge in [0.2, 0.25) is 0 Å². The molecular weight excluding hydrogens is 408 g/mol. The Morgan fingerprint density at radius 3 is 1.97 bits per heavy atom. The second-order valence-corrected chi connectivity index (χ2v) is 20.9. The molecule has 1 aliphatic heterocycles. The lowest BCUT2D eigenvalue weighted by Crippen LogP contribution is -2.42. The van der Waals surface area contributed by atoms with E-state index in [1.807, 2.05) is 18.2 Å². The van der Waals surface area contributed by atoms with Gasteiger partial charge in [0.1, 0.15) is 12.7 Å². The molecule has 0 amide bonds. The molecule has 0 aromatic heterocycles. The molecule has 30 heavy (non-hydrogen) atoms. The average Bonchev–Trinajstić information content (AvgIpc) is 2.98. The maximum atomic E-state index is 6.56. The van der Waals surface area contributed by atoms with Crippen molar-refractivity contribution in [2.75, 3.05) is 13.2 Å². The quantitative estimate of drug-likeness (QED) is 0.405. The summed E-state index contributed by atoms with van der Waals surface area (Å²) in [5, 5.41) is 0.242. The third-order valence-corrected chi connectivity index (χ3v) is 15.6. The number of hydrogen-bond donors (Lipinski definition) is 0. The van der Waals surface area contributed by atoms with Crippen LogP contribution in [0.3, 0.4) is 0 Å². The van der Waals surface area contributed by atoms with E-state index in [0.717, 1.165) is 11.1 Å². The van der Waals surface area contributed by atoms with Gasteiger partial charge in [-0.1, -0.05) is 71.9 Å². The van der Waals surface area contributed by atoms with E-state index in [4.69, 9.17) is 18.3 Å². The fourth-order valence-corrected chi connectivity index (χ4v) is 4.41. The van der Waals surface area contributed by atoms with Gasteiger partial charge in [-0.3, -0.25) is 0 Å². The molecule has 0 fully saturated rings. The van der Waals surface area contributed by atoms with Crippen LogP contribution in [0.25, 0.3) is 0 Å². The summed E-state index contributed by atoms with van der Waals surface area (Å²) in [6.45, 7) is 24.1. The van der Waals surface area contributed by atoms with Crippen LogP contribution < -0.4 is 0 Å². The Labute approximate surface area is 186 Å². The molecule has 4 nitrogen and oxygen atoms in total. The molecule has 0 saturated carbocycles. The van der Waals surface area contributed by atoms with Gasteiger partial charge in [0.15, 0.2) is 8.32 Å². The summed E-state index contributed by atoms with van der Waals surface area (Å²) in [4.78, 5) is 0. The van der Waals surface area contributed by atoms with Gasteiger partial charge in [0, 0.05) is 0 Å². The molecule has 0 unspecified atom stereocenters. The Morgan fingerprint density at radius 2 is 1.43 bits per heavy atom. The van der Waals surface area contributed by atoms with Crippen LogP contribution >= 0.6 is 0 Å². The predicted octanol–water partition coefficient (Wildman–Crippen LogP) is 6.86. The highest BCUT2D eigenvalue weighted by Gasteiger charge is 2.43. The summed E-state index contributed by atoms with van der Waals surface area (Å²) >= 11 is 0. The van der Waals surface area contributed by atoms with E-state index in [2.05, 4.69) is 79.9 Å². The molecule has 1 aromatic carbocycles. The number of benzene rings is 1. The van der Waals surface area contributed by atoms with E-state index in [1.54, 1.807) is 0 Å². The molecule has 0 spiro atoms. The first-order chi connectivity index (χ1) is 13.6. The van der Waals surface area contributed by atoms with Crippen molar-refractivity contribution in [3.63, 3.8) is 0 Å². The summed E-state index contributed by atoms with van der Waals surface area (Å²) in [6.07, 6.45) is -0.144. The molecule has 1 aromatic rings. The van der Waals surface area contributed by atoms with Crippen LogP contribution in [-0.2, 0) is 24.9 Å². The van der Waals surface area contributed by atoms with Gasteiger partial charge in [-0.2, -0.15) is 0 Å². The lowest BCUT2D eigenvalue weighted by Gasteiger charge is -2.37. The Kier molecular flexibility index (Phi) is 7.71. The van der Waals surface area contributed by atoms with Gasteiger partial charge < -0.3 is 18.3 Å². The van der Waals surface area contributed by atoms with Crippen LogP contribution in [0.5, 0.6) is 0 Å². The maximum Gasteiger partial charge on any atom is 0.269 e. The van der Waals surface area contributed by atoms with Crippen molar-refractivity contribution in [1.82, 2.24) is 0 Å². The molecule has 0 N–H and O–H groups in total. The van der Waals surface area contributed by atoms with Crippen LogP contribution in [0.15, 0.2) is 41.9 Å². The number of hydrogen-bond acceptors (Lipinski definition) is 4. The van der Waals surface area contributed by atoms with E-state index in [-0.39, 0.29) is 16.2 Å². The largest absolute Gasteiger partial charge is 0.519 e. The Balaban J connectivity index is 2.23. The normalized spacial score (nSPS) is 18.5. The van der Waals surface area contributed by atoms with Crippen LogP contribution in [0, 0.1) is 0 Å². The minimum atomic E-state index is -2.02. The van der Waals surface area contributed by atoms with Crippen molar-refractivity contribution in [2.24, 2.45) is 0 Å². The topological polar surface area (TPSA) is 36.9 Å². The molecular formula is C24H42O4Si2. The molecule has 0 saturated heterocycles. The Morgan fingerprint density at radius 1 is 0.867 bits per heavy atom. The van der Waals surface area contributed by atoms with E-state index in [1.165, 1.54) is 0 Å². The molecule has 170 valence electrons. The van der Waals surface area contributed by atoms with Crippen LogP contribution in [-0.4, -0.2) is 36.0 Å². The Hall–Kier alpha value is -1.09. The summed E-state index contributed by atoms with van der Waals surface area (Å²) < 4.78 is 25.4. The number of rotatable bonds is 8. The van der Waals surface area contributed by atoms with Crippen LogP contribution in [0.1, 0.15) is 47.1 Å². The van der Waals surface area contributed by atoms with Gasteiger partial charge in [0.25, 0.3) is 14.3 Å². The molecule has 0 radical (unpaired) electrons. The summed E-state index contributed by atoms with van der Waals surface area (Å²) in [6, 6.07) is 10.3. The first-order valence-corrected chi connectivity index (χ1v) is 16.8. The zero-order chi connectivity index (χ0) is 22.8. The summed E-state index contributed by atoms with van der Waals surface area (Å²) in [5.74, 6) is 0.637. The van der Waals surface area contributed by atoms with Gasteiger partial charge in [-0.25, -0.2) is 0 Å². The van der Waals surface area contributed by atoms with Gasteiger partial charge in [-0.05, 0) is 41.8 Å². The lowest BCUT2D eigenvalue weighted by molar-refractivity contribution is 0.0235. The smallest absolute Gasteiger partial charge is 0.269 e. The Bertz CT molecular complexity index is 728. The van der Waals surface area contributed by atoms with Crippen molar-refractivity contribution in [1.29, 1.82) is 0 Å². The summed E-state index contributed by atoms with van der Waals surface area (Å²) in [7, 11) is -3.93. The standard InChI is InChI=1S/C24H42O4Si2/c1-23(2,3)29(7,8)27-17-20-21(25-16-19-14-12-11-13-15-19)18-26-22(20)28-30(9,10)24(4,5)6/h11-15,21H,16-18H2,1-10H3/t21-/m0/s1. The lowest BCUT2D eigenvalue weighted by atomic mass is 10.2. The first-order valence-electron chi connectivity index (χ1n) is 11.0. The third kappa shape index (κ3) is 6.22. The minimum absolute atomic E-state index is 0.0950. The minimum Gasteiger partial charge on any atom is -0.519 e. The van der Waals surface area contributed by atoms with Gasteiger partial charge in [-0.15, -0.1) is 0 Å². The van der Waals surface area contributed by atoms with Gasteiger partial charge in [0.05, 0.1) is 18.8 Å². The van der Waals surface area contributed by atoms with Crippen molar-refractivity contribution in [3.05, 3.63) is 47.4 Å². The van der Waals surface area contributed by atoms with Gasteiger partial charge >= 0.3 is 0 Å². The molecule has 2 rings (SSSR count). The van der Waals surface area contributed by atoms with Crippen molar-refractivity contribution in [2.45, 2.75) is 90.5 Å². The fraction of sp³-hybridized carbons (Fsp3) is 0.667. The van der Waals surface area contributed by atoms with Crippen molar-refractivity contribution < 1.29 is 18.3 Å². The van der Waals surface area contributed by atoms with Crippen LogP contribution in [0.4, 0.5) is 0 Å². The summed E-state index contributed by atoms with van der Waals surface area (Å²) in [5.41, 5.74) is 2.17. The molecule has 1 heterocycles. The zero-order valence-corrected chi connectivity index (χ0v) is 22.7. The van der Waals surface area contributed by atoms with E-state index >= 15 is 0 Å². The first kappa shape index (κ1) is 25.2. The zero-order valence-electron chi connectivity index (χ0n) is 20.7. The maximum absolute atomic E-state index is 6.56. The highest BCUT2D eigenvalue weighted by Crippen LogP contribution is 2.41. The molecule has 1 aliphatic rings.